The third-order valence-electron chi connectivity index (χ3n) is 6.66. The Labute approximate surface area is 214 Å². The van der Waals surface area contributed by atoms with Gasteiger partial charge in [0, 0.05) is 25.1 Å². The first-order chi connectivity index (χ1) is 16.7. The number of amidine groups is 2. The Kier molecular flexibility index (Phi) is 14.5. The van der Waals surface area contributed by atoms with E-state index in [4.69, 9.17) is 16.6 Å². The van der Waals surface area contributed by atoms with Crippen LogP contribution in [0, 0.1) is 0 Å². The molecule has 2 saturated heterocycles. The number of alkyl halides is 1. The monoisotopic (exact) mass is 489 g/mol. The van der Waals surface area contributed by atoms with Gasteiger partial charge in [0.2, 0.25) is 0 Å². The van der Waals surface area contributed by atoms with Crippen LogP contribution in [0.4, 0.5) is 0 Å². The largest absolute Gasteiger partial charge is 0.360 e. The summed E-state index contributed by atoms with van der Waals surface area (Å²) in [6.45, 7) is 16.6. The average molecular weight is 490 g/mol. The summed E-state index contributed by atoms with van der Waals surface area (Å²) in [6.07, 6.45) is 8.48. The fourth-order valence-electron chi connectivity index (χ4n) is 4.69. The van der Waals surface area contributed by atoms with Gasteiger partial charge in [0.25, 0.3) is 0 Å². The van der Waals surface area contributed by atoms with E-state index in [1.165, 1.54) is 63.1 Å². The topological polar surface area (TPSA) is 43.2 Å². The van der Waals surface area contributed by atoms with Crippen molar-refractivity contribution in [3.63, 3.8) is 0 Å². The van der Waals surface area contributed by atoms with Crippen LogP contribution in [-0.4, -0.2) is 73.3 Å². The molecule has 1 N–H and O–H groups in total. The number of halogens is 1. The minimum atomic E-state index is 0.238. The summed E-state index contributed by atoms with van der Waals surface area (Å²) in [4.78, 5) is 14.6. The second-order valence-electron chi connectivity index (χ2n) is 9.18. The van der Waals surface area contributed by atoms with E-state index >= 15 is 0 Å². The molecule has 0 bridgehead atoms. The summed E-state index contributed by atoms with van der Waals surface area (Å²) in [5.41, 5.74) is 2.43. The fourth-order valence-corrected chi connectivity index (χ4v) is 4.81. The molecule has 2 heterocycles. The number of likely N-dealkylation sites (tertiary alicyclic amines) is 2. The first-order valence-electron chi connectivity index (χ1n) is 13.7. The van der Waals surface area contributed by atoms with E-state index in [0.29, 0.717) is 5.92 Å². The number of nitrogens with zero attached hydrogens (tertiary/aromatic N) is 4. The van der Waals surface area contributed by atoms with Crippen molar-refractivity contribution in [2.24, 2.45) is 9.98 Å². The van der Waals surface area contributed by atoms with Crippen LogP contribution in [-0.2, 0) is 0 Å². The molecule has 3 rings (SSSR count). The number of nitrogens with one attached hydrogen (secondary N) is 1. The molecule has 1 atom stereocenters. The minimum absolute atomic E-state index is 0.238. The zero-order valence-electron chi connectivity index (χ0n) is 22.2. The first kappa shape index (κ1) is 28.8. The maximum absolute atomic E-state index is 6.01. The lowest BCUT2D eigenvalue weighted by atomic mass is 9.96. The summed E-state index contributed by atoms with van der Waals surface area (Å²) in [5.74, 6) is 2.48. The van der Waals surface area contributed by atoms with Crippen molar-refractivity contribution < 1.29 is 0 Å². The number of hydrogen-bond acceptors (Lipinski definition) is 3. The molecule has 34 heavy (non-hydrogen) atoms. The molecule has 5 nitrogen and oxygen atoms in total. The van der Waals surface area contributed by atoms with E-state index in [0.717, 1.165) is 50.4 Å². The van der Waals surface area contributed by atoms with Gasteiger partial charge in [-0.25, -0.2) is 9.98 Å². The van der Waals surface area contributed by atoms with Gasteiger partial charge >= 0.3 is 0 Å². The molecule has 1 unspecified atom stereocenters. The highest BCUT2D eigenvalue weighted by Gasteiger charge is 2.20. The van der Waals surface area contributed by atoms with Gasteiger partial charge in [0.15, 0.2) is 5.84 Å². The molecule has 192 valence electrons. The number of rotatable bonds is 12. The van der Waals surface area contributed by atoms with Gasteiger partial charge in [-0.15, -0.1) is 11.6 Å². The molecule has 0 spiro atoms. The van der Waals surface area contributed by atoms with Crippen LogP contribution >= 0.6 is 11.6 Å². The van der Waals surface area contributed by atoms with Crippen molar-refractivity contribution in [3.05, 3.63) is 35.4 Å². The predicted octanol–water partition coefficient (Wildman–Crippen LogP) is 6.13. The van der Waals surface area contributed by atoms with Crippen molar-refractivity contribution >= 4 is 23.3 Å². The Morgan fingerprint density at radius 1 is 1.03 bits per heavy atom. The van der Waals surface area contributed by atoms with Gasteiger partial charge in [-0.1, -0.05) is 52.0 Å². The van der Waals surface area contributed by atoms with Crippen LogP contribution in [0.1, 0.15) is 89.7 Å². The standard InChI is InChI=1S/C26H42ClN5.C2H6/c1-3-14-28-15-13-22(2)23-9-11-24(12-10-23)26(29-21-27)30-25-8-6-19-32(25)20-7-18-31-16-4-5-17-31;1-2/h9-12,22,28H,3-8,13-21H2,1-2H3;1-2H3/b29-26-,30-25?;. The quantitative estimate of drug-likeness (QED) is 0.126. The van der Waals surface area contributed by atoms with Crippen LogP contribution in [0.5, 0.6) is 0 Å². The van der Waals surface area contributed by atoms with E-state index in [9.17, 15) is 0 Å². The second kappa shape index (κ2) is 17.1. The van der Waals surface area contributed by atoms with Crippen LogP contribution in [0.2, 0.25) is 0 Å². The zero-order chi connectivity index (χ0) is 24.6. The Morgan fingerprint density at radius 3 is 2.44 bits per heavy atom. The molecular weight excluding hydrogens is 442 g/mol. The Bertz CT molecular complexity index is 725. The fraction of sp³-hybridized carbons (Fsp3) is 0.714. The maximum atomic E-state index is 6.01. The lowest BCUT2D eigenvalue weighted by Gasteiger charge is -2.21. The Balaban J connectivity index is 0.00000199. The minimum Gasteiger partial charge on any atom is -0.360 e. The molecule has 0 saturated carbocycles. The maximum Gasteiger partial charge on any atom is 0.157 e. The van der Waals surface area contributed by atoms with E-state index in [2.05, 4.69) is 58.2 Å². The third-order valence-corrected chi connectivity index (χ3v) is 6.78. The van der Waals surface area contributed by atoms with Crippen molar-refractivity contribution in [3.8, 4) is 0 Å². The molecule has 0 amide bonds. The van der Waals surface area contributed by atoms with Crippen molar-refractivity contribution in [2.75, 3.05) is 51.8 Å². The van der Waals surface area contributed by atoms with Gasteiger partial charge in [-0.3, -0.25) is 0 Å². The summed E-state index contributed by atoms with van der Waals surface area (Å²) in [6, 6.07) is 9.02. The molecule has 6 heteroatoms. The Morgan fingerprint density at radius 2 is 1.76 bits per heavy atom. The van der Waals surface area contributed by atoms with Gasteiger partial charge in [0.05, 0.1) is 0 Å². The van der Waals surface area contributed by atoms with E-state index in [1.807, 2.05) is 13.8 Å². The van der Waals surface area contributed by atoms with Crippen molar-refractivity contribution in [1.82, 2.24) is 15.1 Å². The van der Waals surface area contributed by atoms with Gasteiger partial charge in [-0.2, -0.15) is 0 Å². The van der Waals surface area contributed by atoms with E-state index < -0.39 is 0 Å². The average Bonchev–Trinajstić information content (AvgIpc) is 3.55. The zero-order valence-corrected chi connectivity index (χ0v) is 22.9. The Hall–Kier alpha value is -1.43. The number of hydrogen-bond donors (Lipinski definition) is 1. The van der Waals surface area contributed by atoms with Gasteiger partial charge in [0.1, 0.15) is 11.8 Å². The SMILES string of the molecule is CC.CCCNCCC(C)c1ccc(/C(N=C2CCCN2CCCN2CCCC2)=N/CCl)cc1. The van der Waals surface area contributed by atoms with Crippen molar-refractivity contribution in [1.29, 1.82) is 0 Å². The molecule has 0 aliphatic carbocycles. The highest BCUT2D eigenvalue weighted by atomic mass is 35.5. The molecule has 2 aliphatic heterocycles. The molecule has 1 aromatic carbocycles. The smallest absolute Gasteiger partial charge is 0.157 e. The van der Waals surface area contributed by atoms with E-state index in [1.54, 1.807) is 0 Å². The summed E-state index contributed by atoms with van der Waals surface area (Å²) in [7, 11) is 0. The lowest BCUT2D eigenvalue weighted by molar-refractivity contribution is 0.312. The summed E-state index contributed by atoms with van der Waals surface area (Å²) < 4.78 is 0. The highest BCUT2D eigenvalue weighted by molar-refractivity contribution is 6.19. The van der Waals surface area contributed by atoms with Crippen LogP contribution in [0.3, 0.4) is 0 Å². The highest BCUT2D eigenvalue weighted by Crippen LogP contribution is 2.20. The molecule has 0 aromatic heterocycles. The lowest BCUT2D eigenvalue weighted by Crippen LogP contribution is -2.30. The third kappa shape index (κ3) is 9.67. The van der Waals surface area contributed by atoms with Crippen LogP contribution in [0.25, 0.3) is 0 Å². The normalized spacial score (nSPS) is 18.9. The van der Waals surface area contributed by atoms with Crippen LogP contribution < -0.4 is 5.32 Å². The van der Waals surface area contributed by atoms with Gasteiger partial charge < -0.3 is 15.1 Å². The molecule has 2 aliphatic rings. The molecule has 0 radical (unpaired) electrons. The summed E-state index contributed by atoms with van der Waals surface area (Å²) >= 11 is 6.01. The molecule has 1 aromatic rings. The number of aliphatic imine (C=N–C) groups is 2. The van der Waals surface area contributed by atoms with Crippen LogP contribution in [0.15, 0.2) is 34.3 Å². The number of benzene rings is 1. The summed E-state index contributed by atoms with van der Waals surface area (Å²) in [5, 5.41) is 3.50. The van der Waals surface area contributed by atoms with Gasteiger partial charge in [-0.05, 0) is 82.7 Å². The molecule has 2 fully saturated rings. The predicted molar refractivity (Wildman–Crippen MR) is 150 cm³/mol. The van der Waals surface area contributed by atoms with Crippen molar-refractivity contribution in [2.45, 2.75) is 78.6 Å². The second-order valence-corrected chi connectivity index (χ2v) is 9.42. The molecular formula is C28H48ClN5. The first-order valence-corrected chi connectivity index (χ1v) is 14.2. The van der Waals surface area contributed by atoms with E-state index in [-0.39, 0.29) is 6.00 Å².